The molecule has 1 aliphatic heterocycles. The molecule has 1 aliphatic rings. The summed E-state index contributed by atoms with van der Waals surface area (Å²) >= 11 is 0. The van der Waals surface area contributed by atoms with E-state index in [-0.39, 0.29) is 33.9 Å². The average molecular weight is 513 g/mol. The Labute approximate surface area is 214 Å². The molecule has 0 radical (unpaired) electrons. The monoisotopic (exact) mass is 513 g/mol. The lowest BCUT2D eigenvalue weighted by molar-refractivity contribution is -0.451. The second kappa shape index (κ2) is 9.51. The smallest absolute Gasteiger partial charge is 0.356 e. The maximum absolute atomic E-state index is 13.4. The van der Waals surface area contributed by atoms with E-state index in [1.165, 1.54) is 36.4 Å². The molecule has 38 heavy (non-hydrogen) atoms. The van der Waals surface area contributed by atoms with Crippen LogP contribution in [0, 0.1) is 41.7 Å². The summed E-state index contributed by atoms with van der Waals surface area (Å²) in [6, 6.07) is 18.4. The third kappa shape index (κ3) is 4.20. The van der Waals surface area contributed by atoms with Crippen LogP contribution in [0.2, 0.25) is 0 Å². The zero-order chi connectivity index (χ0) is 27.0. The van der Waals surface area contributed by atoms with Crippen molar-refractivity contribution < 1.29 is 14.3 Å². The number of piperazine rings is 1. The molecule has 1 saturated heterocycles. The standard InChI is InChI=1S/C25H19N7O6/c26-16-24-25(28-13-11-27(12-14-28)19-6-8-21(9-7-19)32(37)38)30(34)22-10-3-18(15-23(22)29(24)33)17-1-4-20(5-2-17)31(35)36/h1-10,15H,11-14H2. The molecule has 0 amide bonds. The molecule has 0 atom stereocenters. The van der Waals surface area contributed by atoms with Gasteiger partial charge in [0.1, 0.15) is 19.2 Å². The fraction of sp³-hybridized carbons (Fsp3) is 0.160. The molecular formula is C25H19N7O6. The first-order chi connectivity index (χ1) is 18.3. The Hall–Kier alpha value is -5.51. The number of nitro groups is 2. The number of benzene rings is 3. The van der Waals surface area contributed by atoms with Crippen LogP contribution in [0.15, 0.2) is 66.7 Å². The Balaban J connectivity index is 1.45. The largest absolute Gasteiger partial charge is 0.804 e. The van der Waals surface area contributed by atoms with Crippen LogP contribution in [0.1, 0.15) is 5.69 Å². The topological polar surface area (TPSA) is 168 Å². The van der Waals surface area contributed by atoms with Crippen LogP contribution < -0.4 is 14.2 Å². The summed E-state index contributed by atoms with van der Waals surface area (Å²) in [6.07, 6.45) is 0. The van der Waals surface area contributed by atoms with Gasteiger partial charge in [-0.1, -0.05) is 4.91 Å². The first-order valence-electron chi connectivity index (χ1n) is 11.5. The summed E-state index contributed by atoms with van der Waals surface area (Å²) in [5.41, 5.74) is 1.63. The minimum atomic E-state index is -0.511. The first-order valence-corrected chi connectivity index (χ1v) is 11.5. The number of fused-ring (bicyclic) bond motifs is 1. The van der Waals surface area contributed by atoms with Gasteiger partial charge in [0.2, 0.25) is 11.2 Å². The molecule has 0 N–H and O–H groups in total. The zero-order valence-electron chi connectivity index (χ0n) is 19.8. The van der Waals surface area contributed by atoms with E-state index < -0.39 is 9.85 Å². The van der Waals surface area contributed by atoms with Crippen molar-refractivity contribution >= 4 is 33.9 Å². The van der Waals surface area contributed by atoms with Gasteiger partial charge in [0.25, 0.3) is 11.4 Å². The van der Waals surface area contributed by atoms with Crippen LogP contribution in [-0.2, 0) is 0 Å². The van der Waals surface area contributed by atoms with Gasteiger partial charge in [-0.05, 0) is 53.6 Å². The summed E-state index contributed by atoms with van der Waals surface area (Å²) in [7, 11) is 0. The number of nitro benzene ring substituents is 2. The van der Waals surface area contributed by atoms with E-state index in [2.05, 4.69) is 0 Å². The van der Waals surface area contributed by atoms with Crippen molar-refractivity contribution in [2.75, 3.05) is 36.0 Å². The number of rotatable bonds is 5. The lowest BCUT2D eigenvalue weighted by Gasteiger charge is -2.33. The van der Waals surface area contributed by atoms with Gasteiger partial charge in [-0.25, -0.2) is 0 Å². The van der Waals surface area contributed by atoms with Crippen molar-refractivity contribution in [1.29, 1.82) is 5.26 Å². The number of nitriles is 1. The lowest BCUT2D eigenvalue weighted by atomic mass is 10.0. The van der Waals surface area contributed by atoms with Gasteiger partial charge >= 0.3 is 5.82 Å². The fourth-order valence-electron chi connectivity index (χ4n) is 4.57. The van der Waals surface area contributed by atoms with Gasteiger partial charge in [0.05, 0.1) is 28.5 Å². The van der Waals surface area contributed by atoms with E-state index in [1.807, 2.05) is 11.0 Å². The number of hydrogen-bond donors (Lipinski definition) is 0. The number of aromatic nitrogens is 2. The van der Waals surface area contributed by atoms with Crippen molar-refractivity contribution in [1.82, 2.24) is 4.73 Å². The van der Waals surface area contributed by atoms with Crippen molar-refractivity contribution in [3.63, 3.8) is 0 Å². The quantitative estimate of drug-likeness (QED) is 0.220. The third-order valence-corrected chi connectivity index (χ3v) is 6.54. The molecule has 2 heterocycles. The van der Waals surface area contributed by atoms with Gasteiger partial charge in [-0.3, -0.25) is 25.1 Å². The van der Waals surface area contributed by atoms with E-state index in [0.29, 0.717) is 46.5 Å². The Bertz CT molecular complexity index is 1670. The van der Waals surface area contributed by atoms with Crippen LogP contribution >= 0.6 is 0 Å². The Morgan fingerprint density at radius 2 is 1.32 bits per heavy atom. The summed E-state index contributed by atoms with van der Waals surface area (Å²) in [4.78, 5) is 37.9. The minimum absolute atomic E-state index is 0.000619. The summed E-state index contributed by atoms with van der Waals surface area (Å²) in [6.45, 7) is 1.64. The third-order valence-electron chi connectivity index (χ3n) is 6.54. The highest BCUT2D eigenvalue weighted by Gasteiger charge is 2.31. The van der Waals surface area contributed by atoms with Crippen molar-refractivity contribution in [2.24, 2.45) is 0 Å². The van der Waals surface area contributed by atoms with Crippen LogP contribution in [0.4, 0.5) is 22.9 Å². The minimum Gasteiger partial charge on any atom is -0.804 e. The number of non-ortho nitro benzene ring substituents is 2. The Kier molecular flexibility index (Phi) is 6.05. The SMILES string of the molecule is N#Cc1c(N2CCN(c3ccc([N+](=O)[O-])cc3)CC2)[n+](=O)c2ccc(-c3ccc([N+](=O)[O-])cc3)cc2n1[O-]. The molecule has 0 aliphatic carbocycles. The molecule has 3 aromatic carbocycles. The molecule has 0 saturated carbocycles. The van der Waals surface area contributed by atoms with Crippen LogP contribution in [-0.4, -0.2) is 40.8 Å². The number of nitrogens with zero attached hydrogens (tertiary/aromatic N) is 7. The predicted octanol–water partition coefficient (Wildman–Crippen LogP) is 3.58. The number of anilines is 2. The van der Waals surface area contributed by atoms with Crippen LogP contribution in [0.5, 0.6) is 0 Å². The second-order valence-electron chi connectivity index (χ2n) is 8.63. The second-order valence-corrected chi connectivity index (χ2v) is 8.63. The molecule has 13 nitrogen and oxygen atoms in total. The average Bonchev–Trinajstić information content (AvgIpc) is 2.94. The van der Waals surface area contributed by atoms with Crippen LogP contribution in [0.25, 0.3) is 22.2 Å². The molecule has 0 unspecified atom stereocenters. The maximum atomic E-state index is 13.4. The molecule has 13 heteroatoms. The zero-order valence-corrected chi connectivity index (χ0v) is 19.8. The molecule has 4 aromatic rings. The number of hydrogen-bond acceptors (Lipinski definition) is 9. The van der Waals surface area contributed by atoms with E-state index in [0.717, 1.165) is 5.69 Å². The highest BCUT2D eigenvalue weighted by Crippen LogP contribution is 2.28. The summed E-state index contributed by atoms with van der Waals surface area (Å²) < 4.78 is 1.03. The molecule has 1 aromatic heterocycles. The highest BCUT2D eigenvalue weighted by atomic mass is 16.6. The van der Waals surface area contributed by atoms with E-state index >= 15 is 0 Å². The first kappa shape index (κ1) is 24.2. The van der Waals surface area contributed by atoms with E-state index in [1.54, 1.807) is 35.2 Å². The molecular weight excluding hydrogens is 494 g/mol. The molecule has 1 fully saturated rings. The Morgan fingerprint density at radius 3 is 1.87 bits per heavy atom. The van der Waals surface area contributed by atoms with Gasteiger partial charge in [0, 0.05) is 34.4 Å². The van der Waals surface area contributed by atoms with Crippen molar-refractivity contribution in [3.05, 3.63) is 103 Å². The molecule has 5 rings (SSSR count). The van der Waals surface area contributed by atoms with Gasteiger partial charge in [-0.15, -0.1) is 0 Å². The van der Waals surface area contributed by atoms with Gasteiger partial charge < -0.3 is 14.8 Å². The normalized spacial score (nSPS) is 13.3. The highest BCUT2D eigenvalue weighted by molar-refractivity contribution is 5.82. The van der Waals surface area contributed by atoms with E-state index in [9.17, 15) is 35.6 Å². The van der Waals surface area contributed by atoms with Gasteiger partial charge in [-0.2, -0.15) is 5.26 Å². The van der Waals surface area contributed by atoms with Gasteiger partial charge in [0.15, 0.2) is 0 Å². The summed E-state index contributed by atoms with van der Waals surface area (Å²) in [5.74, 6) is -0.0403. The van der Waals surface area contributed by atoms with E-state index in [4.69, 9.17) is 0 Å². The summed E-state index contributed by atoms with van der Waals surface area (Å²) in [5, 5.41) is 44.9. The Morgan fingerprint density at radius 1 is 0.789 bits per heavy atom. The lowest BCUT2D eigenvalue weighted by Crippen LogP contribution is -2.49. The molecule has 190 valence electrons. The molecule has 0 spiro atoms. The van der Waals surface area contributed by atoms with Crippen molar-refractivity contribution in [3.8, 4) is 17.2 Å². The van der Waals surface area contributed by atoms with Crippen LogP contribution in [0.3, 0.4) is 0 Å². The predicted molar refractivity (Wildman–Crippen MR) is 138 cm³/mol. The fourth-order valence-corrected chi connectivity index (χ4v) is 4.57. The molecule has 0 bridgehead atoms. The van der Waals surface area contributed by atoms with Crippen molar-refractivity contribution in [2.45, 2.75) is 0 Å². The maximum Gasteiger partial charge on any atom is 0.356 e.